The summed E-state index contributed by atoms with van der Waals surface area (Å²) in [6.45, 7) is 4.92. The summed E-state index contributed by atoms with van der Waals surface area (Å²) in [6.07, 6.45) is 4.06. The first-order chi connectivity index (χ1) is 8.72. The third kappa shape index (κ3) is 2.08. The Balaban J connectivity index is 1.86. The molecule has 0 amide bonds. The first-order valence-corrected chi connectivity index (χ1v) is 6.33. The summed E-state index contributed by atoms with van der Waals surface area (Å²) in [5.41, 5.74) is 2.12. The van der Waals surface area contributed by atoms with Crippen molar-refractivity contribution < 1.29 is 0 Å². The van der Waals surface area contributed by atoms with E-state index >= 15 is 0 Å². The molecule has 3 rings (SSSR count). The number of aryl methyl sites for hydroxylation is 3. The molecule has 0 aromatic carbocycles. The molecule has 1 aliphatic rings. The first kappa shape index (κ1) is 11.2. The molecule has 1 unspecified atom stereocenters. The van der Waals surface area contributed by atoms with Crippen LogP contribution in [0.1, 0.15) is 36.2 Å². The number of hydrogen-bond acceptors (Lipinski definition) is 4. The normalized spacial score (nSPS) is 18.4. The van der Waals surface area contributed by atoms with Crippen LogP contribution in [0.25, 0.3) is 0 Å². The van der Waals surface area contributed by atoms with E-state index in [-0.39, 0.29) is 6.04 Å². The number of hydrogen-bond donors (Lipinski definition) is 1. The lowest BCUT2D eigenvalue weighted by Gasteiger charge is -2.24. The maximum absolute atomic E-state index is 4.52. The molecule has 2 aromatic rings. The predicted molar refractivity (Wildman–Crippen MR) is 69.3 cm³/mol. The molecule has 0 bridgehead atoms. The molecule has 0 aliphatic carbocycles. The topological polar surface area (TPSA) is 55.6 Å². The van der Waals surface area contributed by atoms with Gasteiger partial charge in [0.2, 0.25) is 0 Å². The van der Waals surface area contributed by atoms with Gasteiger partial charge in [0, 0.05) is 24.1 Å². The van der Waals surface area contributed by atoms with Gasteiger partial charge in [-0.15, -0.1) is 0 Å². The molecule has 1 aliphatic heterocycles. The van der Waals surface area contributed by atoms with E-state index in [0.29, 0.717) is 0 Å². The van der Waals surface area contributed by atoms with Crippen molar-refractivity contribution >= 4 is 5.69 Å². The van der Waals surface area contributed by atoms with Crippen molar-refractivity contribution in [3.63, 3.8) is 0 Å². The van der Waals surface area contributed by atoms with E-state index in [1.165, 1.54) is 0 Å². The summed E-state index contributed by atoms with van der Waals surface area (Å²) in [7, 11) is 0. The largest absolute Gasteiger partial charge is 0.375 e. The standard InChI is InChI=1S/C13H17N5/c1-9-8-11(5-6-14-9)16-12-4-3-7-18-13(12)15-10(2)17-18/h5-6,8,12H,3-4,7H2,1-2H3,(H,14,16). The average Bonchev–Trinajstić information content (AvgIpc) is 2.71. The summed E-state index contributed by atoms with van der Waals surface area (Å²) >= 11 is 0. The number of aromatic nitrogens is 4. The Hall–Kier alpha value is -1.91. The zero-order valence-corrected chi connectivity index (χ0v) is 10.7. The second-order valence-corrected chi connectivity index (χ2v) is 4.77. The van der Waals surface area contributed by atoms with Crippen LogP contribution >= 0.6 is 0 Å². The zero-order valence-electron chi connectivity index (χ0n) is 10.7. The maximum atomic E-state index is 4.52. The Kier molecular flexibility index (Phi) is 2.74. The van der Waals surface area contributed by atoms with E-state index in [0.717, 1.165) is 42.4 Å². The number of pyridine rings is 1. The second kappa shape index (κ2) is 4.40. The van der Waals surface area contributed by atoms with E-state index in [4.69, 9.17) is 0 Å². The van der Waals surface area contributed by atoms with Crippen molar-refractivity contribution in [3.8, 4) is 0 Å². The van der Waals surface area contributed by atoms with Crippen molar-refractivity contribution in [2.75, 3.05) is 5.32 Å². The summed E-state index contributed by atoms with van der Waals surface area (Å²) in [5.74, 6) is 1.90. The summed E-state index contributed by atoms with van der Waals surface area (Å²) in [4.78, 5) is 8.73. The highest BCUT2D eigenvalue weighted by Gasteiger charge is 2.23. The highest BCUT2D eigenvalue weighted by Crippen LogP contribution is 2.27. The summed E-state index contributed by atoms with van der Waals surface area (Å²) in [6, 6.07) is 4.30. The minimum atomic E-state index is 0.252. The molecule has 3 heterocycles. The third-order valence-electron chi connectivity index (χ3n) is 3.22. The van der Waals surface area contributed by atoms with Crippen LogP contribution in [0.2, 0.25) is 0 Å². The lowest BCUT2D eigenvalue weighted by Crippen LogP contribution is -2.22. The number of rotatable bonds is 2. The molecule has 18 heavy (non-hydrogen) atoms. The molecule has 0 saturated carbocycles. The van der Waals surface area contributed by atoms with Gasteiger partial charge in [0.15, 0.2) is 0 Å². The minimum Gasteiger partial charge on any atom is -0.375 e. The van der Waals surface area contributed by atoms with Crippen LogP contribution in [-0.2, 0) is 6.54 Å². The van der Waals surface area contributed by atoms with Gasteiger partial charge in [0.1, 0.15) is 11.6 Å². The van der Waals surface area contributed by atoms with Crippen LogP contribution in [0.4, 0.5) is 5.69 Å². The molecule has 0 radical (unpaired) electrons. The van der Waals surface area contributed by atoms with Gasteiger partial charge in [-0.25, -0.2) is 9.67 Å². The van der Waals surface area contributed by atoms with Crippen LogP contribution < -0.4 is 5.32 Å². The lowest BCUT2D eigenvalue weighted by atomic mass is 10.1. The number of anilines is 1. The van der Waals surface area contributed by atoms with Gasteiger partial charge >= 0.3 is 0 Å². The van der Waals surface area contributed by atoms with Gasteiger partial charge in [-0.3, -0.25) is 4.98 Å². The minimum absolute atomic E-state index is 0.252. The summed E-state index contributed by atoms with van der Waals surface area (Å²) < 4.78 is 2.02. The van der Waals surface area contributed by atoms with Crippen LogP contribution in [0.5, 0.6) is 0 Å². The maximum Gasteiger partial charge on any atom is 0.149 e. The second-order valence-electron chi connectivity index (χ2n) is 4.77. The Labute approximate surface area is 106 Å². The molecule has 1 atom stereocenters. The molecule has 5 heteroatoms. The zero-order chi connectivity index (χ0) is 12.5. The Morgan fingerprint density at radius 1 is 1.39 bits per heavy atom. The van der Waals surface area contributed by atoms with E-state index in [9.17, 15) is 0 Å². The van der Waals surface area contributed by atoms with Crippen molar-refractivity contribution in [1.82, 2.24) is 19.7 Å². The van der Waals surface area contributed by atoms with Gasteiger partial charge in [0.05, 0.1) is 6.04 Å². The van der Waals surface area contributed by atoms with Crippen molar-refractivity contribution in [3.05, 3.63) is 35.7 Å². The molecule has 5 nitrogen and oxygen atoms in total. The molecule has 0 spiro atoms. The van der Waals surface area contributed by atoms with Gasteiger partial charge in [-0.2, -0.15) is 5.10 Å². The molecular weight excluding hydrogens is 226 g/mol. The summed E-state index contributed by atoms with van der Waals surface area (Å²) in [5, 5.41) is 7.94. The number of fused-ring (bicyclic) bond motifs is 1. The number of nitrogens with one attached hydrogen (secondary N) is 1. The highest BCUT2D eigenvalue weighted by atomic mass is 15.4. The van der Waals surface area contributed by atoms with Gasteiger partial charge in [0.25, 0.3) is 0 Å². The third-order valence-corrected chi connectivity index (χ3v) is 3.22. The van der Waals surface area contributed by atoms with Crippen LogP contribution in [-0.4, -0.2) is 19.7 Å². The van der Waals surface area contributed by atoms with E-state index < -0.39 is 0 Å². The first-order valence-electron chi connectivity index (χ1n) is 6.33. The van der Waals surface area contributed by atoms with Gasteiger partial charge < -0.3 is 5.32 Å². The predicted octanol–water partition coefficient (Wildman–Crippen LogP) is 2.24. The van der Waals surface area contributed by atoms with Crippen LogP contribution in [0.3, 0.4) is 0 Å². The SMILES string of the molecule is Cc1cc(NC2CCCn3nc(C)nc32)ccn1. The van der Waals surface area contributed by atoms with Gasteiger partial charge in [-0.05, 0) is 38.8 Å². The Morgan fingerprint density at radius 3 is 3.11 bits per heavy atom. The Bertz CT molecular complexity index is 560. The average molecular weight is 243 g/mol. The van der Waals surface area contributed by atoms with Crippen molar-refractivity contribution in [2.45, 2.75) is 39.3 Å². The Morgan fingerprint density at radius 2 is 2.28 bits per heavy atom. The molecular formula is C13H17N5. The number of nitrogens with zero attached hydrogens (tertiary/aromatic N) is 4. The highest BCUT2D eigenvalue weighted by molar-refractivity contribution is 5.44. The molecule has 2 aromatic heterocycles. The van der Waals surface area contributed by atoms with Crippen molar-refractivity contribution in [1.29, 1.82) is 0 Å². The molecule has 94 valence electrons. The van der Waals surface area contributed by atoms with Crippen LogP contribution in [0.15, 0.2) is 18.3 Å². The molecule has 0 saturated heterocycles. The van der Waals surface area contributed by atoms with Crippen molar-refractivity contribution in [2.24, 2.45) is 0 Å². The fourth-order valence-corrected chi connectivity index (χ4v) is 2.44. The lowest BCUT2D eigenvalue weighted by molar-refractivity contribution is 0.437. The molecule has 1 N–H and O–H groups in total. The molecule has 0 fully saturated rings. The fraction of sp³-hybridized carbons (Fsp3) is 0.462. The van der Waals surface area contributed by atoms with E-state index in [1.54, 1.807) is 0 Å². The van der Waals surface area contributed by atoms with Gasteiger partial charge in [-0.1, -0.05) is 0 Å². The van der Waals surface area contributed by atoms with Crippen LogP contribution in [0, 0.1) is 13.8 Å². The van der Waals surface area contributed by atoms with E-state index in [2.05, 4.69) is 26.4 Å². The monoisotopic (exact) mass is 243 g/mol. The van der Waals surface area contributed by atoms with E-state index in [1.807, 2.05) is 30.8 Å². The quantitative estimate of drug-likeness (QED) is 0.878. The smallest absolute Gasteiger partial charge is 0.149 e. The fourth-order valence-electron chi connectivity index (χ4n) is 2.44.